The summed E-state index contributed by atoms with van der Waals surface area (Å²) >= 11 is 0. The number of benzene rings is 1. The molecule has 0 aromatic heterocycles. The topological polar surface area (TPSA) is 94.9 Å². The molecule has 146 valence electrons. The summed E-state index contributed by atoms with van der Waals surface area (Å²) < 4.78 is 25.2. The van der Waals surface area contributed by atoms with Crippen molar-refractivity contribution in [3.63, 3.8) is 0 Å². The number of rotatable bonds is 12. The van der Waals surface area contributed by atoms with E-state index in [2.05, 4.69) is 0 Å². The van der Waals surface area contributed by atoms with Crippen molar-refractivity contribution in [3.8, 4) is 5.75 Å². The lowest BCUT2D eigenvalue weighted by molar-refractivity contribution is -0.142. The van der Waals surface area contributed by atoms with Crippen molar-refractivity contribution in [2.24, 2.45) is 5.92 Å². The van der Waals surface area contributed by atoms with Crippen LogP contribution in [0.1, 0.15) is 44.6 Å². The normalized spacial score (nSPS) is 13.3. The molecule has 0 saturated heterocycles. The van der Waals surface area contributed by atoms with E-state index in [1.165, 1.54) is 10.6 Å². The Bertz CT molecular complexity index is 700. The molecule has 1 atom stereocenters. The summed E-state index contributed by atoms with van der Waals surface area (Å²) in [6.07, 6.45) is 8.24. The number of phenolic OH excluding ortho intramolecular Hbond substituents is 1. The fraction of sp³-hybridized carbons (Fsp3) is 0.526. The predicted octanol–water partition coefficient (Wildman–Crippen LogP) is 3.34. The van der Waals surface area contributed by atoms with Crippen LogP contribution in [-0.4, -0.2) is 48.3 Å². The molecule has 1 aromatic rings. The van der Waals surface area contributed by atoms with Gasteiger partial charge in [-0.3, -0.25) is 4.79 Å². The lowest BCUT2D eigenvalue weighted by Crippen LogP contribution is -2.31. The summed E-state index contributed by atoms with van der Waals surface area (Å²) in [5.74, 6) is -0.910. The zero-order chi connectivity index (χ0) is 19.6. The van der Waals surface area contributed by atoms with Crippen LogP contribution < -0.4 is 0 Å². The first-order valence-electron chi connectivity index (χ1n) is 8.87. The van der Waals surface area contributed by atoms with E-state index in [0.29, 0.717) is 25.8 Å². The number of phenols is 1. The van der Waals surface area contributed by atoms with E-state index < -0.39 is 16.0 Å². The van der Waals surface area contributed by atoms with Gasteiger partial charge in [0.1, 0.15) is 5.75 Å². The molecule has 7 heteroatoms. The monoisotopic (exact) mass is 383 g/mol. The van der Waals surface area contributed by atoms with Gasteiger partial charge < -0.3 is 10.2 Å². The van der Waals surface area contributed by atoms with Crippen molar-refractivity contribution in [1.29, 1.82) is 0 Å². The number of hydrogen-bond acceptors (Lipinski definition) is 4. The molecule has 0 amide bonds. The molecule has 0 radical (unpaired) electrons. The molecule has 0 aliphatic carbocycles. The second-order valence-corrected chi connectivity index (χ2v) is 8.39. The number of aromatic hydroxyl groups is 1. The maximum Gasteiger partial charge on any atom is 0.306 e. The number of sulfonamides is 1. The Labute approximate surface area is 156 Å². The molecular weight excluding hydrogens is 354 g/mol. The molecule has 0 heterocycles. The van der Waals surface area contributed by atoms with Gasteiger partial charge in [0.2, 0.25) is 10.0 Å². The Morgan fingerprint density at radius 1 is 1.27 bits per heavy atom. The van der Waals surface area contributed by atoms with Crippen LogP contribution in [0.5, 0.6) is 5.75 Å². The summed E-state index contributed by atoms with van der Waals surface area (Å²) in [5.41, 5.74) is 0.803. The summed E-state index contributed by atoms with van der Waals surface area (Å²) in [5, 5.41) is 18.5. The number of unbranched alkanes of at least 4 members (excludes halogenated alkanes) is 2. The standard InChI is InChI=1S/C19H29NO5S/c1-3-17(19(22)23)11-5-4-6-13-20(26(2,24)25)14-8-10-16-9-7-12-18(21)15-16/h7-10,12,15,17,21H,3-6,11,13-14H2,1-2H3,(H,22,23). The van der Waals surface area contributed by atoms with E-state index in [9.17, 15) is 18.3 Å². The van der Waals surface area contributed by atoms with Crippen LogP contribution in [0.4, 0.5) is 0 Å². The van der Waals surface area contributed by atoms with Gasteiger partial charge in [0.25, 0.3) is 0 Å². The highest BCUT2D eigenvalue weighted by molar-refractivity contribution is 7.88. The Kier molecular flexibility index (Phi) is 9.37. The Hall–Kier alpha value is -1.86. The van der Waals surface area contributed by atoms with Crippen molar-refractivity contribution in [3.05, 3.63) is 35.9 Å². The van der Waals surface area contributed by atoms with Crippen molar-refractivity contribution in [2.45, 2.75) is 39.0 Å². The van der Waals surface area contributed by atoms with Crippen LogP contribution in [0.15, 0.2) is 30.3 Å². The largest absolute Gasteiger partial charge is 0.508 e. The molecule has 6 nitrogen and oxygen atoms in total. The Balaban J connectivity index is 2.46. The third kappa shape index (κ3) is 8.49. The summed E-state index contributed by atoms with van der Waals surface area (Å²) in [6, 6.07) is 6.74. The fourth-order valence-corrected chi connectivity index (χ4v) is 3.50. The van der Waals surface area contributed by atoms with Gasteiger partial charge in [0.05, 0.1) is 12.2 Å². The highest BCUT2D eigenvalue weighted by Gasteiger charge is 2.16. The number of aliphatic carboxylic acids is 1. The lowest BCUT2D eigenvalue weighted by Gasteiger charge is -2.18. The van der Waals surface area contributed by atoms with Gasteiger partial charge in [-0.1, -0.05) is 44.1 Å². The minimum Gasteiger partial charge on any atom is -0.508 e. The first-order chi connectivity index (χ1) is 12.2. The molecule has 1 rings (SSSR count). The van der Waals surface area contributed by atoms with Gasteiger partial charge in [-0.05, 0) is 37.0 Å². The maximum absolute atomic E-state index is 11.9. The second kappa shape index (κ2) is 11.0. The van der Waals surface area contributed by atoms with Crippen molar-refractivity contribution >= 4 is 22.1 Å². The lowest BCUT2D eigenvalue weighted by atomic mass is 9.99. The van der Waals surface area contributed by atoms with Gasteiger partial charge in [0, 0.05) is 13.1 Å². The second-order valence-electron chi connectivity index (χ2n) is 6.41. The highest BCUT2D eigenvalue weighted by Crippen LogP contribution is 2.15. The minimum absolute atomic E-state index is 0.166. The van der Waals surface area contributed by atoms with Crippen LogP contribution in [0, 0.1) is 5.92 Å². The van der Waals surface area contributed by atoms with Crippen LogP contribution in [0.3, 0.4) is 0 Å². The number of carbonyl (C=O) groups is 1. The van der Waals surface area contributed by atoms with Gasteiger partial charge >= 0.3 is 5.97 Å². The fourth-order valence-electron chi connectivity index (χ4n) is 2.69. The van der Waals surface area contributed by atoms with E-state index in [0.717, 1.165) is 18.4 Å². The number of nitrogens with zero attached hydrogens (tertiary/aromatic N) is 1. The van der Waals surface area contributed by atoms with E-state index in [1.807, 2.05) is 13.0 Å². The first kappa shape index (κ1) is 22.2. The minimum atomic E-state index is -3.31. The van der Waals surface area contributed by atoms with Crippen molar-refractivity contribution in [2.75, 3.05) is 19.3 Å². The van der Waals surface area contributed by atoms with Crippen LogP contribution >= 0.6 is 0 Å². The molecule has 0 aliphatic rings. The van der Waals surface area contributed by atoms with E-state index in [1.54, 1.807) is 30.4 Å². The number of carboxylic acids is 1. The van der Waals surface area contributed by atoms with Crippen LogP contribution in [0.25, 0.3) is 6.08 Å². The molecule has 0 bridgehead atoms. The molecule has 2 N–H and O–H groups in total. The Morgan fingerprint density at radius 3 is 2.58 bits per heavy atom. The molecule has 0 spiro atoms. The van der Waals surface area contributed by atoms with E-state index in [4.69, 9.17) is 5.11 Å². The molecule has 0 saturated carbocycles. The third-order valence-electron chi connectivity index (χ3n) is 4.26. The van der Waals surface area contributed by atoms with Gasteiger partial charge in [-0.15, -0.1) is 0 Å². The van der Waals surface area contributed by atoms with Crippen LogP contribution in [-0.2, 0) is 14.8 Å². The predicted molar refractivity (Wildman–Crippen MR) is 103 cm³/mol. The summed E-state index contributed by atoms with van der Waals surface area (Å²) in [4.78, 5) is 11.0. The summed E-state index contributed by atoms with van der Waals surface area (Å²) in [6.45, 7) is 2.54. The zero-order valence-electron chi connectivity index (χ0n) is 15.5. The molecule has 1 aromatic carbocycles. The van der Waals surface area contributed by atoms with E-state index >= 15 is 0 Å². The maximum atomic E-state index is 11.9. The molecule has 0 aliphatic heterocycles. The van der Waals surface area contributed by atoms with Crippen LogP contribution in [0.2, 0.25) is 0 Å². The molecule has 0 fully saturated rings. The van der Waals surface area contributed by atoms with E-state index in [-0.39, 0.29) is 18.2 Å². The average molecular weight is 384 g/mol. The SMILES string of the molecule is CCC(CCCCCN(CC=Cc1cccc(O)c1)S(C)(=O)=O)C(=O)O. The first-order valence-corrected chi connectivity index (χ1v) is 10.7. The molecule has 1 unspecified atom stereocenters. The average Bonchev–Trinajstić information content (AvgIpc) is 2.55. The zero-order valence-corrected chi connectivity index (χ0v) is 16.3. The Morgan fingerprint density at radius 2 is 2.00 bits per heavy atom. The number of carboxylic acid groups (broad SMARTS) is 1. The highest BCUT2D eigenvalue weighted by atomic mass is 32.2. The number of hydrogen-bond donors (Lipinski definition) is 2. The van der Waals surface area contributed by atoms with Crippen molar-refractivity contribution in [1.82, 2.24) is 4.31 Å². The smallest absolute Gasteiger partial charge is 0.306 e. The third-order valence-corrected chi connectivity index (χ3v) is 5.53. The van der Waals surface area contributed by atoms with Gasteiger partial charge in [-0.2, -0.15) is 4.31 Å². The molecular formula is C19H29NO5S. The van der Waals surface area contributed by atoms with Crippen molar-refractivity contribution < 1.29 is 23.4 Å². The molecule has 26 heavy (non-hydrogen) atoms. The van der Waals surface area contributed by atoms with Gasteiger partial charge in [-0.25, -0.2) is 8.42 Å². The van der Waals surface area contributed by atoms with Gasteiger partial charge in [0.15, 0.2) is 0 Å². The quantitative estimate of drug-likeness (QED) is 0.540. The summed E-state index contributed by atoms with van der Waals surface area (Å²) in [7, 11) is -3.31.